The van der Waals surface area contributed by atoms with Crippen molar-refractivity contribution in [2.24, 2.45) is 0 Å². The van der Waals surface area contributed by atoms with Gasteiger partial charge in [0.1, 0.15) is 0 Å². The molecule has 0 unspecified atom stereocenters. The monoisotopic (exact) mass is 422 g/mol. The number of benzene rings is 2. The lowest BCUT2D eigenvalue weighted by atomic mass is 10.1. The molecule has 2 aromatic carbocycles. The first-order chi connectivity index (χ1) is 13.3. The van der Waals surface area contributed by atoms with Gasteiger partial charge >= 0.3 is 0 Å². The Balaban J connectivity index is 1.94. The van der Waals surface area contributed by atoms with Crippen LogP contribution in [0.2, 0.25) is 5.02 Å². The largest absolute Gasteiger partial charge is 0.339 e. The van der Waals surface area contributed by atoms with Gasteiger partial charge in [0, 0.05) is 35.8 Å². The van der Waals surface area contributed by atoms with Crippen LogP contribution in [0.5, 0.6) is 0 Å². The molecular weight excluding hydrogens is 400 g/mol. The van der Waals surface area contributed by atoms with Crippen LogP contribution < -0.4 is 5.32 Å². The molecule has 0 radical (unpaired) electrons. The summed E-state index contributed by atoms with van der Waals surface area (Å²) in [6.07, 6.45) is -0.176. The maximum absolute atomic E-state index is 12.3. The predicted octanol–water partition coefficient (Wildman–Crippen LogP) is 3.62. The van der Waals surface area contributed by atoms with Crippen molar-refractivity contribution in [3.8, 4) is 0 Å². The summed E-state index contributed by atoms with van der Waals surface area (Å²) in [7, 11) is -3.57. The zero-order valence-corrected chi connectivity index (χ0v) is 17.4. The summed E-state index contributed by atoms with van der Waals surface area (Å²) in [5.74, 6) is -0.795. The first-order valence-corrected chi connectivity index (χ1v) is 11.0. The fourth-order valence-electron chi connectivity index (χ4n) is 2.60. The smallest absolute Gasteiger partial charge is 0.253 e. The van der Waals surface area contributed by atoms with Crippen molar-refractivity contribution < 1.29 is 18.0 Å². The topological polar surface area (TPSA) is 83.6 Å². The van der Waals surface area contributed by atoms with Gasteiger partial charge in [-0.1, -0.05) is 11.6 Å². The van der Waals surface area contributed by atoms with Gasteiger partial charge in [-0.2, -0.15) is 0 Å². The van der Waals surface area contributed by atoms with Crippen LogP contribution in [0.1, 0.15) is 30.6 Å². The van der Waals surface area contributed by atoms with E-state index in [2.05, 4.69) is 5.32 Å². The summed E-state index contributed by atoms with van der Waals surface area (Å²) in [5.41, 5.74) is 1.04. The molecule has 0 atom stereocenters. The Labute approximate surface area is 170 Å². The van der Waals surface area contributed by atoms with Gasteiger partial charge in [0.2, 0.25) is 5.91 Å². The molecule has 6 nitrogen and oxygen atoms in total. The average Bonchev–Trinajstić information content (AvgIpc) is 2.68. The summed E-state index contributed by atoms with van der Waals surface area (Å²) >= 11 is 5.76. The number of amides is 2. The fraction of sp³-hybridized carbons (Fsp3) is 0.300. The Morgan fingerprint density at radius 1 is 0.964 bits per heavy atom. The van der Waals surface area contributed by atoms with Crippen molar-refractivity contribution in [1.82, 2.24) is 4.90 Å². The standard InChI is InChI=1S/C20H23ClN2O4S/c1-3-23(4-2)20(25)15-5-9-17(10-6-15)22-19(24)13-14-28(26,27)18-11-7-16(21)8-12-18/h5-12H,3-4,13-14H2,1-2H3,(H,22,24). The van der Waals surface area contributed by atoms with Crippen molar-refractivity contribution in [2.75, 3.05) is 24.2 Å². The van der Waals surface area contributed by atoms with Gasteiger partial charge in [-0.15, -0.1) is 0 Å². The van der Waals surface area contributed by atoms with E-state index in [1.807, 2.05) is 13.8 Å². The molecule has 0 aliphatic carbocycles. The van der Waals surface area contributed by atoms with Crippen LogP contribution in [-0.4, -0.2) is 44.0 Å². The van der Waals surface area contributed by atoms with Gasteiger partial charge in [-0.05, 0) is 62.4 Å². The third-order valence-electron chi connectivity index (χ3n) is 4.24. The molecule has 0 aliphatic rings. The van der Waals surface area contributed by atoms with Crippen LogP contribution in [0, 0.1) is 0 Å². The zero-order valence-electron chi connectivity index (χ0n) is 15.8. The number of nitrogens with one attached hydrogen (secondary N) is 1. The molecule has 150 valence electrons. The van der Waals surface area contributed by atoms with Crippen molar-refractivity contribution in [3.63, 3.8) is 0 Å². The molecule has 0 saturated heterocycles. The number of carbonyl (C=O) groups is 2. The van der Waals surface area contributed by atoms with Crippen molar-refractivity contribution in [3.05, 3.63) is 59.1 Å². The maximum atomic E-state index is 12.3. The van der Waals surface area contributed by atoms with E-state index >= 15 is 0 Å². The van der Waals surface area contributed by atoms with Gasteiger partial charge in [-0.3, -0.25) is 9.59 Å². The van der Waals surface area contributed by atoms with E-state index in [-0.39, 0.29) is 23.0 Å². The summed E-state index contributed by atoms with van der Waals surface area (Å²) in [6, 6.07) is 12.4. The lowest BCUT2D eigenvalue weighted by Gasteiger charge is -2.18. The Bertz CT molecular complexity index is 922. The average molecular weight is 423 g/mol. The van der Waals surface area contributed by atoms with Crippen LogP contribution in [0.4, 0.5) is 5.69 Å². The Kier molecular flexibility index (Phi) is 7.60. The number of hydrogen-bond acceptors (Lipinski definition) is 4. The van der Waals surface area contributed by atoms with Crippen LogP contribution in [-0.2, 0) is 14.6 Å². The number of nitrogens with zero attached hydrogens (tertiary/aromatic N) is 1. The minimum atomic E-state index is -3.57. The number of rotatable bonds is 8. The molecule has 2 amide bonds. The Morgan fingerprint density at radius 2 is 1.54 bits per heavy atom. The highest BCUT2D eigenvalue weighted by atomic mass is 35.5. The van der Waals surface area contributed by atoms with Crippen LogP contribution >= 0.6 is 11.6 Å². The lowest BCUT2D eigenvalue weighted by Crippen LogP contribution is -2.30. The normalized spacial score (nSPS) is 11.1. The van der Waals surface area contributed by atoms with Crippen LogP contribution in [0.25, 0.3) is 0 Å². The summed E-state index contributed by atoms with van der Waals surface area (Å²) in [6.45, 7) is 5.06. The second-order valence-corrected chi connectivity index (χ2v) is 8.67. The summed E-state index contributed by atoms with van der Waals surface area (Å²) < 4.78 is 24.6. The molecule has 28 heavy (non-hydrogen) atoms. The van der Waals surface area contributed by atoms with Gasteiger partial charge in [0.25, 0.3) is 5.91 Å². The number of sulfone groups is 1. The van der Waals surface area contributed by atoms with Gasteiger partial charge in [-0.25, -0.2) is 8.42 Å². The highest BCUT2D eigenvalue weighted by Gasteiger charge is 2.17. The lowest BCUT2D eigenvalue weighted by molar-refractivity contribution is -0.115. The molecule has 2 rings (SSSR count). The maximum Gasteiger partial charge on any atom is 0.253 e. The highest BCUT2D eigenvalue weighted by molar-refractivity contribution is 7.91. The molecule has 0 fully saturated rings. The van der Waals surface area contributed by atoms with E-state index in [9.17, 15) is 18.0 Å². The fourth-order valence-corrected chi connectivity index (χ4v) is 3.97. The number of halogens is 1. The molecule has 0 heterocycles. The van der Waals surface area contributed by atoms with E-state index < -0.39 is 15.7 Å². The van der Waals surface area contributed by atoms with Crippen LogP contribution in [0.15, 0.2) is 53.4 Å². The van der Waals surface area contributed by atoms with E-state index in [1.54, 1.807) is 29.2 Å². The third-order valence-corrected chi connectivity index (χ3v) is 6.22. The molecule has 0 aromatic heterocycles. The molecule has 0 spiro atoms. The molecule has 1 N–H and O–H groups in total. The predicted molar refractivity (Wildman–Crippen MR) is 110 cm³/mol. The number of hydrogen-bond donors (Lipinski definition) is 1. The number of carbonyl (C=O) groups excluding carboxylic acids is 2. The molecular formula is C20H23ClN2O4S. The highest BCUT2D eigenvalue weighted by Crippen LogP contribution is 2.17. The van der Waals surface area contributed by atoms with E-state index in [1.165, 1.54) is 24.3 Å². The second-order valence-electron chi connectivity index (χ2n) is 6.13. The SMILES string of the molecule is CCN(CC)C(=O)c1ccc(NC(=O)CCS(=O)(=O)c2ccc(Cl)cc2)cc1. The van der Waals surface area contributed by atoms with E-state index in [4.69, 9.17) is 11.6 Å². The first kappa shape index (κ1) is 21.9. The second kappa shape index (κ2) is 9.71. The number of anilines is 1. The van der Waals surface area contributed by atoms with Crippen molar-refractivity contribution in [2.45, 2.75) is 25.2 Å². The Morgan fingerprint density at radius 3 is 2.07 bits per heavy atom. The minimum absolute atomic E-state index is 0.0723. The van der Waals surface area contributed by atoms with Crippen LogP contribution in [0.3, 0.4) is 0 Å². The molecule has 8 heteroatoms. The van der Waals surface area contributed by atoms with Gasteiger partial charge in [0.05, 0.1) is 10.6 Å². The third kappa shape index (κ3) is 5.81. The van der Waals surface area contributed by atoms with Crippen molar-refractivity contribution >= 4 is 38.9 Å². The quantitative estimate of drug-likeness (QED) is 0.704. The van der Waals surface area contributed by atoms with E-state index in [0.29, 0.717) is 29.4 Å². The zero-order chi connectivity index (χ0) is 20.7. The van der Waals surface area contributed by atoms with Gasteiger partial charge in [0.15, 0.2) is 9.84 Å². The van der Waals surface area contributed by atoms with E-state index in [0.717, 1.165) is 0 Å². The summed E-state index contributed by atoms with van der Waals surface area (Å²) in [5, 5.41) is 3.09. The Hall–Kier alpha value is -2.38. The van der Waals surface area contributed by atoms with Gasteiger partial charge < -0.3 is 10.2 Å². The first-order valence-electron chi connectivity index (χ1n) is 8.94. The molecule has 0 saturated carbocycles. The molecule has 0 aliphatic heterocycles. The minimum Gasteiger partial charge on any atom is -0.339 e. The molecule has 0 bridgehead atoms. The summed E-state index contributed by atoms with van der Waals surface area (Å²) in [4.78, 5) is 26.2. The van der Waals surface area contributed by atoms with Crippen molar-refractivity contribution in [1.29, 1.82) is 0 Å². The molecule has 2 aromatic rings.